The molecule has 1 aliphatic heterocycles. The van der Waals surface area contributed by atoms with Gasteiger partial charge in [0, 0.05) is 51.0 Å². The van der Waals surface area contributed by atoms with E-state index in [1.165, 1.54) is 17.7 Å². The van der Waals surface area contributed by atoms with E-state index in [2.05, 4.69) is 34.3 Å². The van der Waals surface area contributed by atoms with Crippen molar-refractivity contribution in [3.8, 4) is 6.07 Å². The van der Waals surface area contributed by atoms with Gasteiger partial charge in [0.1, 0.15) is 5.82 Å². The van der Waals surface area contributed by atoms with Crippen molar-refractivity contribution in [1.82, 2.24) is 14.7 Å². The number of rotatable bonds is 6. The minimum absolute atomic E-state index is 0.00295. The Hall–Kier alpha value is -2.66. The van der Waals surface area contributed by atoms with Crippen LogP contribution in [0.3, 0.4) is 0 Å². The first-order valence-corrected chi connectivity index (χ1v) is 13.2. The van der Waals surface area contributed by atoms with Crippen molar-refractivity contribution in [2.45, 2.75) is 37.1 Å². The number of hydrogen-bond acceptors (Lipinski definition) is 4. The van der Waals surface area contributed by atoms with Crippen LogP contribution in [0.5, 0.6) is 0 Å². The van der Waals surface area contributed by atoms with Crippen molar-refractivity contribution in [3.63, 3.8) is 0 Å². The second-order valence-electron chi connectivity index (χ2n) is 10.6. The van der Waals surface area contributed by atoms with Gasteiger partial charge in [0.05, 0.1) is 16.7 Å². The number of piperazine rings is 1. The van der Waals surface area contributed by atoms with Crippen LogP contribution in [-0.4, -0.2) is 73.1 Å². The summed E-state index contributed by atoms with van der Waals surface area (Å²) in [5.41, 5.74) is 2.62. The molecule has 3 fully saturated rings. The molecule has 0 unspecified atom stereocenters. The summed E-state index contributed by atoms with van der Waals surface area (Å²) in [5.74, 6) is 0.0174. The van der Waals surface area contributed by atoms with Crippen LogP contribution in [-0.2, 0) is 5.41 Å². The van der Waals surface area contributed by atoms with E-state index < -0.39 is 5.82 Å². The SMILES string of the molecule is CN1CCN(CCN(C(=O)Nc2ccc(F)c(Cl)c2)[C@@H]2CC[C@]3(c4cccc(C#N)c4)C[C@@H]3C2)CC1. The Morgan fingerprint density at radius 1 is 1.25 bits per heavy atom. The van der Waals surface area contributed by atoms with E-state index in [1.54, 1.807) is 6.07 Å². The van der Waals surface area contributed by atoms with Gasteiger partial charge in [0.15, 0.2) is 0 Å². The molecule has 0 radical (unpaired) electrons. The average Bonchev–Trinajstić information content (AvgIpc) is 3.63. The van der Waals surface area contributed by atoms with E-state index >= 15 is 0 Å². The predicted molar refractivity (Wildman–Crippen MR) is 140 cm³/mol. The fraction of sp³-hybridized carbons (Fsp3) is 0.500. The number of amides is 2. The number of nitrogens with zero attached hydrogens (tertiary/aromatic N) is 4. The van der Waals surface area contributed by atoms with Crippen LogP contribution in [0, 0.1) is 23.1 Å². The molecule has 36 heavy (non-hydrogen) atoms. The molecule has 190 valence electrons. The van der Waals surface area contributed by atoms with Crippen molar-refractivity contribution in [2.75, 3.05) is 51.6 Å². The van der Waals surface area contributed by atoms with Crippen LogP contribution in [0.15, 0.2) is 42.5 Å². The zero-order chi connectivity index (χ0) is 25.3. The number of fused-ring (bicyclic) bond motifs is 1. The Kier molecular flexibility index (Phi) is 7.21. The number of halogens is 2. The molecule has 0 aromatic heterocycles. The molecule has 0 spiro atoms. The highest BCUT2D eigenvalue weighted by atomic mass is 35.5. The van der Waals surface area contributed by atoms with Crippen LogP contribution in [0.2, 0.25) is 5.02 Å². The fourth-order valence-corrected chi connectivity index (χ4v) is 6.27. The number of likely N-dealkylation sites (N-methyl/N-ethyl adjacent to an activating group) is 1. The van der Waals surface area contributed by atoms with Crippen molar-refractivity contribution in [1.29, 1.82) is 5.26 Å². The number of nitriles is 1. The maximum Gasteiger partial charge on any atom is 0.322 e. The van der Waals surface area contributed by atoms with Gasteiger partial charge in [0.2, 0.25) is 0 Å². The quantitative estimate of drug-likeness (QED) is 0.599. The third-order valence-electron chi connectivity index (χ3n) is 8.40. The summed E-state index contributed by atoms with van der Waals surface area (Å²) in [4.78, 5) is 20.2. The van der Waals surface area contributed by atoms with Gasteiger partial charge < -0.3 is 15.1 Å². The predicted octanol–water partition coefficient (Wildman–Crippen LogP) is 4.94. The number of hydrogen-bond donors (Lipinski definition) is 1. The van der Waals surface area contributed by atoms with Gasteiger partial charge in [0.25, 0.3) is 0 Å². The van der Waals surface area contributed by atoms with Crippen molar-refractivity contribution < 1.29 is 9.18 Å². The Balaban J connectivity index is 1.29. The molecule has 5 rings (SSSR count). The molecule has 2 amide bonds. The highest BCUT2D eigenvalue weighted by Gasteiger charge is 2.58. The van der Waals surface area contributed by atoms with Crippen LogP contribution >= 0.6 is 11.6 Å². The molecular formula is C28H33ClFN5O. The summed E-state index contributed by atoms with van der Waals surface area (Å²) >= 11 is 5.95. The third kappa shape index (κ3) is 5.22. The zero-order valence-electron chi connectivity index (χ0n) is 20.7. The largest absolute Gasteiger partial charge is 0.322 e. The number of nitrogens with one attached hydrogen (secondary N) is 1. The second-order valence-corrected chi connectivity index (χ2v) is 11.0. The number of urea groups is 1. The molecule has 6 nitrogen and oxygen atoms in total. The first-order chi connectivity index (χ1) is 17.4. The van der Waals surface area contributed by atoms with E-state index in [1.807, 2.05) is 23.1 Å². The average molecular weight is 510 g/mol. The summed E-state index contributed by atoms with van der Waals surface area (Å²) in [6.07, 6.45) is 4.00. The molecule has 0 bridgehead atoms. The van der Waals surface area contributed by atoms with Crippen LogP contribution < -0.4 is 5.32 Å². The molecule has 1 heterocycles. The highest BCUT2D eigenvalue weighted by molar-refractivity contribution is 6.31. The van der Waals surface area contributed by atoms with E-state index in [0.717, 1.165) is 58.4 Å². The van der Waals surface area contributed by atoms with Gasteiger partial charge in [-0.25, -0.2) is 9.18 Å². The van der Waals surface area contributed by atoms with Gasteiger partial charge in [-0.15, -0.1) is 0 Å². The Bertz CT molecular complexity index is 1160. The van der Waals surface area contributed by atoms with Crippen molar-refractivity contribution in [3.05, 3.63) is 64.4 Å². The van der Waals surface area contributed by atoms with E-state index in [0.29, 0.717) is 23.7 Å². The number of anilines is 1. The van der Waals surface area contributed by atoms with Crippen LogP contribution in [0.25, 0.3) is 0 Å². The van der Waals surface area contributed by atoms with Crippen LogP contribution in [0.1, 0.15) is 36.8 Å². The minimum Gasteiger partial charge on any atom is -0.320 e. The van der Waals surface area contributed by atoms with Gasteiger partial charge in [-0.1, -0.05) is 23.7 Å². The molecule has 8 heteroatoms. The lowest BCUT2D eigenvalue weighted by Gasteiger charge is -2.39. The van der Waals surface area contributed by atoms with Gasteiger partial charge in [-0.05, 0) is 80.0 Å². The molecule has 2 aromatic carbocycles. The van der Waals surface area contributed by atoms with Gasteiger partial charge in [-0.3, -0.25) is 4.90 Å². The van der Waals surface area contributed by atoms with Gasteiger partial charge in [-0.2, -0.15) is 5.26 Å². The second kappa shape index (κ2) is 10.4. The van der Waals surface area contributed by atoms with E-state index in [4.69, 9.17) is 11.6 Å². The fourth-order valence-electron chi connectivity index (χ4n) is 6.09. The lowest BCUT2D eigenvalue weighted by Crippen LogP contribution is -2.51. The molecule has 2 saturated carbocycles. The van der Waals surface area contributed by atoms with Gasteiger partial charge >= 0.3 is 6.03 Å². The summed E-state index contributed by atoms with van der Waals surface area (Å²) in [6, 6.07) is 14.6. The Morgan fingerprint density at radius 2 is 2.06 bits per heavy atom. The molecule has 1 N–H and O–H groups in total. The normalized spacial score (nSPS) is 26.1. The van der Waals surface area contributed by atoms with Crippen LogP contribution in [0.4, 0.5) is 14.9 Å². The maximum absolute atomic E-state index is 13.6. The lowest BCUT2D eigenvalue weighted by molar-refractivity contribution is 0.119. The first-order valence-electron chi connectivity index (χ1n) is 12.8. The summed E-state index contributed by atoms with van der Waals surface area (Å²) < 4.78 is 13.6. The van der Waals surface area contributed by atoms with Crippen molar-refractivity contribution in [2.24, 2.45) is 5.92 Å². The molecule has 2 aliphatic carbocycles. The van der Waals surface area contributed by atoms with E-state index in [9.17, 15) is 14.4 Å². The molecule has 2 aromatic rings. The number of carbonyl (C=O) groups is 1. The minimum atomic E-state index is -0.501. The van der Waals surface area contributed by atoms with Crippen molar-refractivity contribution >= 4 is 23.3 Å². The molecule has 3 aliphatic rings. The smallest absolute Gasteiger partial charge is 0.320 e. The molecule has 1 saturated heterocycles. The zero-order valence-corrected chi connectivity index (χ0v) is 21.5. The third-order valence-corrected chi connectivity index (χ3v) is 8.69. The number of carbonyl (C=O) groups excluding carboxylic acids is 1. The maximum atomic E-state index is 13.6. The Labute approximate surface area is 217 Å². The molecule has 3 atom stereocenters. The molecular weight excluding hydrogens is 477 g/mol. The standard InChI is InChI=1S/C28H33ClFN5O/c1-33-9-11-34(12-10-33)13-14-35(27(36)32-23-5-6-26(30)25(29)17-23)24-7-8-28(18-22(28)16-24)21-4-2-3-20(15-21)19-31/h2-6,15,17,22,24H,7-14,16,18H2,1H3,(H,32,36)/t22-,24+,28+/m0/s1. The van der Waals surface area contributed by atoms with E-state index in [-0.39, 0.29) is 22.5 Å². The Morgan fingerprint density at radius 3 is 2.78 bits per heavy atom. The number of benzene rings is 2. The monoisotopic (exact) mass is 509 g/mol. The summed E-state index contributed by atoms with van der Waals surface area (Å²) in [7, 11) is 2.14. The highest BCUT2D eigenvalue weighted by Crippen LogP contribution is 2.62. The summed E-state index contributed by atoms with van der Waals surface area (Å²) in [6.45, 7) is 5.57. The first kappa shape index (κ1) is 25.0. The summed E-state index contributed by atoms with van der Waals surface area (Å²) in [5, 5.41) is 12.3. The topological polar surface area (TPSA) is 62.6 Å². The lowest BCUT2D eigenvalue weighted by atomic mass is 9.80.